The first-order chi connectivity index (χ1) is 21.4. The molecule has 0 heterocycles. The van der Waals surface area contributed by atoms with Gasteiger partial charge in [0.15, 0.2) is 0 Å². The number of hydrogen-bond acceptors (Lipinski definition) is 2. The van der Waals surface area contributed by atoms with Gasteiger partial charge in [0.2, 0.25) is 0 Å². The topological polar surface area (TPSA) is 6.48 Å². The standard InChI is InChI=1S/C40H42Br2N2/c1-5-7-9-31-11-17-35(18-12-31)43(39-25-15-33(41)27-29(39)3)37-21-23-38(24-22-37)44(40-26-16-34(42)28-30(40)4)36-19-13-32(14-20-36)10-8-6-2/h11-28H,5-10H2,1-4H3. The largest absolute Gasteiger partial charge is 0.310 e. The molecule has 0 aromatic heterocycles. The van der Waals surface area contributed by atoms with Crippen LogP contribution >= 0.6 is 31.9 Å². The SMILES string of the molecule is CCCCc1ccc(N(c2ccc(N(c3ccc(CCCC)cc3)c3ccc(Br)cc3C)cc2)c2ccc(Br)cc2C)cc1. The van der Waals surface area contributed by atoms with Crippen LogP contribution in [0.3, 0.4) is 0 Å². The van der Waals surface area contributed by atoms with E-state index >= 15 is 0 Å². The fraction of sp³-hybridized carbons (Fsp3) is 0.250. The number of benzene rings is 5. The van der Waals surface area contributed by atoms with Crippen molar-refractivity contribution in [2.75, 3.05) is 9.80 Å². The summed E-state index contributed by atoms with van der Waals surface area (Å²) in [5, 5.41) is 0. The molecule has 0 fully saturated rings. The van der Waals surface area contributed by atoms with Crippen molar-refractivity contribution in [1.82, 2.24) is 0 Å². The van der Waals surface area contributed by atoms with Crippen molar-refractivity contribution in [3.63, 3.8) is 0 Å². The molecule has 44 heavy (non-hydrogen) atoms. The van der Waals surface area contributed by atoms with E-state index in [4.69, 9.17) is 0 Å². The van der Waals surface area contributed by atoms with Gasteiger partial charge in [-0.3, -0.25) is 0 Å². The molecule has 0 spiro atoms. The number of nitrogens with zero attached hydrogens (tertiary/aromatic N) is 2. The molecule has 2 nitrogen and oxygen atoms in total. The Kier molecular flexibility index (Phi) is 11.0. The average molecular weight is 711 g/mol. The van der Waals surface area contributed by atoms with E-state index < -0.39 is 0 Å². The van der Waals surface area contributed by atoms with Gasteiger partial charge in [-0.05, 0) is 147 Å². The predicted octanol–water partition coefficient (Wildman–Crippen LogP) is 13.5. The van der Waals surface area contributed by atoms with Crippen molar-refractivity contribution in [1.29, 1.82) is 0 Å². The van der Waals surface area contributed by atoms with Gasteiger partial charge in [0.05, 0.1) is 0 Å². The summed E-state index contributed by atoms with van der Waals surface area (Å²) in [4.78, 5) is 4.74. The third kappa shape index (κ3) is 7.65. The highest BCUT2D eigenvalue weighted by molar-refractivity contribution is 9.10. The van der Waals surface area contributed by atoms with Crippen molar-refractivity contribution < 1.29 is 0 Å². The fourth-order valence-corrected chi connectivity index (χ4v) is 6.68. The third-order valence-electron chi connectivity index (χ3n) is 8.19. The van der Waals surface area contributed by atoms with Crippen molar-refractivity contribution in [2.45, 2.75) is 66.2 Å². The molecule has 0 N–H and O–H groups in total. The van der Waals surface area contributed by atoms with Crippen LogP contribution in [0.2, 0.25) is 0 Å². The van der Waals surface area contributed by atoms with E-state index in [9.17, 15) is 0 Å². The normalized spacial score (nSPS) is 11.0. The zero-order valence-corrected chi connectivity index (χ0v) is 29.5. The molecular formula is C40H42Br2N2. The van der Waals surface area contributed by atoms with Crippen molar-refractivity contribution in [3.05, 3.63) is 140 Å². The minimum absolute atomic E-state index is 1.09. The van der Waals surface area contributed by atoms with Crippen LogP contribution in [0.4, 0.5) is 34.1 Å². The van der Waals surface area contributed by atoms with E-state index in [0.717, 1.165) is 44.5 Å². The van der Waals surface area contributed by atoms with E-state index in [2.05, 4.69) is 179 Å². The molecule has 4 heteroatoms. The second kappa shape index (κ2) is 15.1. The summed E-state index contributed by atoms with van der Waals surface area (Å²) in [5.74, 6) is 0. The van der Waals surface area contributed by atoms with Crippen LogP contribution in [0.5, 0.6) is 0 Å². The third-order valence-corrected chi connectivity index (χ3v) is 9.18. The van der Waals surface area contributed by atoms with Crippen LogP contribution in [0.1, 0.15) is 61.8 Å². The lowest BCUT2D eigenvalue weighted by molar-refractivity contribution is 0.795. The molecule has 226 valence electrons. The maximum Gasteiger partial charge on any atom is 0.0491 e. The smallest absolute Gasteiger partial charge is 0.0491 e. The first-order valence-electron chi connectivity index (χ1n) is 15.8. The van der Waals surface area contributed by atoms with Crippen LogP contribution in [-0.4, -0.2) is 0 Å². The maximum absolute atomic E-state index is 3.66. The molecule has 0 amide bonds. The van der Waals surface area contributed by atoms with Gasteiger partial charge in [-0.1, -0.05) is 82.8 Å². The second-order valence-electron chi connectivity index (χ2n) is 11.6. The van der Waals surface area contributed by atoms with E-state index in [0.29, 0.717) is 0 Å². The second-order valence-corrected chi connectivity index (χ2v) is 13.4. The van der Waals surface area contributed by atoms with Crippen LogP contribution in [0.15, 0.2) is 118 Å². The van der Waals surface area contributed by atoms with Gasteiger partial charge in [-0.25, -0.2) is 0 Å². The summed E-state index contributed by atoms with van der Waals surface area (Å²) in [6.07, 6.45) is 7.08. The zero-order chi connectivity index (χ0) is 31.1. The van der Waals surface area contributed by atoms with Gasteiger partial charge in [-0.15, -0.1) is 0 Å². The lowest BCUT2D eigenvalue weighted by Gasteiger charge is -2.30. The van der Waals surface area contributed by atoms with Crippen molar-refractivity contribution >= 4 is 66.0 Å². The van der Waals surface area contributed by atoms with Gasteiger partial charge in [-0.2, -0.15) is 0 Å². The highest BCUT2D eigenvalue weighted by atomic mass is 79.9. The number of aryl methyl sites for hydroxylation is 4. The Bertz CT molecular complexity index is 1530. The molecule has 0 radical (unpaired) electrons. The highest BCUT2D eigenvalue weighted by Crippen LogP contribution is 2.41. The molecular weight excluding hydrogens is 668 g/mol. The van der Waals surface area contributed by atoms with E-state index in [1.165, 1.54) is 59.3 Å². The van der Waals surface area contributed by atoms with Crippen LogP contribution < -0.4 is 9.80 Å². The quantitative estimate of drug-likeness (QED) is 0.127. The lowest BCUT2D eigenvalue weighted by Crippen LogP contribution is -2.13. The van der Waals surface area contributed by atoms with Gasteiger partial charge in [0, 0.05) is 43.1 Å². The summed E-state index contributed by atoms with van der Waals surface area (Å²) < 4.78 is 2.18. The molecule has 0 bridgehead atoms. The number of anilines is 6. The summed E-state index contributed by atoms with van der Waals surface area (Å²) in [7, 11) is 0. The number of halogens is 2. The van der Waals surface area contributed by atoms with Crippen LogP contribution in [0.25, 0.3) is 0 Å². The minimum atomic E-state index is 1.09. The fourth-order valence-electron chi connectivity index (χ4n) is 5.73. The molecule has 0 saturated heterocycles. The monoisotopic (exact) mass is 708 g/mol. The molecule has 0 aliphatic heterocycles. The number of hydrogen-bond donors (Lipinski definition) is 0. The Morgan fingerprint density at radius 1 is 0.455 bits per heavy atom. The van der Waals surface area contributed by atoms with E-state index in [-0.39, 0.29) is 0 Å². The first-order valence-corrected chi connectivity index (χ1v) is 17.4. The Morgan fingerprint density at radius 2 is 0.773 bits per heavy atom. The van der Waals surface area contributed by atoms with Crippen LogP contribution in [0, 0.1) is 13.8 Å². The number of unbranched alkanes of at least 4 members (excludes halogenated alkanes) is 2. The van der Waals surface area contributed by atoms with Gasteiger partial charge < -0.3 is 9.80 Å². The zero-order valence-electron chi connectivity index (χ0n) is 26.3. The Hall–Kier alpha value is -3.34. The molecule has 0 aliphatic rings. The number of rotatable bonds is 12. The van der Waals surface area contributed by atoms with Gasteiger partial charge >= 0.3 is 0 Å². The molecule has 0 aliphatic carbocycles. The van der Waals surface area contributed by atoms with Gasteiger partial charge in [0.1, 0.15) is 0 Å². The Balaban J connectivity index is 1.56. The summed E-state index contributed by atoms with van der Waals surface area (Å²) in [5.41, 5.74) is 12.1. The Morgan fingerprint density at radius 3 is 1.07 bits per heavy atom. The Labute approximate surface area is 281 Å². The van der Waals surface area contributed by atoms with E-state index in [1.807, 2.05) is 0 Å². The van der Waals surface area contributed by atoms with Crippen molar-refractivity contribution in [2.24, 2.45) is 0 Å². The van der Waals surface area contributed by atoms with Gasteiger partial charge in [0.25, 0.3) is 0 Å². The predicted molar refractivity (Wildman–Crippen MR) is 198 cm³/mol. The first kappa shape index (κ1) is 32.1. The molecule has 5 aromatic rings. The highest BCUT2D eigenvalue weighted by Gasteiger charge is 2.18. The molecule has 5 aromatic carbocycles. The summed E-state index contributed by atoms with van der Waals surface area (Å²) in [6, 6.07) is 40.2. The summed E-state index contributed by atoms with van der Waals surface area (Å²) >= 11 is 7.32. The molecule has 5 rings (SSSR count). The molecule has 0 atom stereocenters. The summed E-state index contributed by atoms with van der Waals surface area (Å²) in [6.45, 7) is 8.86. The van der Waals surface area contributed by atoms with Crippen LogP contribution in [-0.2, 0) is 12.8 Å². The van der Waals surface area contributed by atoms with Crippen molar-refractivity contribution in [3.8, 4) is 0 Å². The lowest BCUT2D eigenvalue weighted by atomic mass is 10.1. The van der Waals surface area contributed by atoms with E-state index in [1.54, 1.807) is 0 Å². The maximum atomic E-state index is 3.66. The minimum Gasteiger partial charge on any atom is -0.310 e. The molecule has 0 saturated carbocycles. The average Bonchev–Trinajstić information content (AvgIpc) is 3.03. The molecule has 0 unspecified atom stereocenters.